The van der Waals surface area contributed by atoms with Gasteiger partial charge in [-0.2, -0.15) is 0 Å². The lowest BCUT2D eigenvalue weighted by molar-refractivity contribution is 0.0201. The second kappa shape index (κ2) is 8.35. The second-order valence-electron chi connectivity index (χ2n) is 11.2. The molecule has 1 aliphatic carbocycles. The van der Waals surface area contributed by atoms with E-state index in [0.717, 1.165) is 45.1 Å². The molecule has 0 bridgehead atoms. The summed E-state index contributed by atoms with van der Waals surface area (Å²) in [5, 5.41) is 3.76. The number of nitrogens with one attached hydrogen (secondary N) is 1. The molecule has 3 unspecified atom stereocenters. The van der Waals surface area contributed by atoms with Gasteiger partial charge in [0.2, 0.25) is 0 Å². The third-order valence-corrected chi connectivity index (χ3v) is 7.99. The predicted octanol–water partition coefficient (Wildman–Crippen LogP) is 2.96. The Morgan fingerprint density at radius 1 is 1.10 bits per heavy atom. The van der Waals surface area contributed by atoms with Crippen LogP contribution < -0.4 is 11.1 Å². The van der Waals surface area contributed by atoms with Gasteiger partial charge in [0.25, 0.3) is 0 Å². The second-order valence-corrected chi connectivity index (χ2v) is 11.2. The first-order valence-corrected chi connectivity index (χ1v) is 12.0. The van der Waals surface area contributed by atoms with Crippen molar-refractivity contribution in [1.82, 2.24) is 15.1 Å². The normalized spacial score (nSPS) is 34.1. The minimum atomic E-state index is -0.419. The molecular weight excluding hydrogens is 364 g/mol. The lowest BCUT2D eigenvalue weighted by Gasteiger charge is -2.48. The van der Waals surface area contributed by atoms with Gasteiger partial charge in [0.05, 0.1) is 0 Å². The van der Waals surface area contributed by atoms with Gasteiger partial charge >= 0.3 is 6.09 Å². The topological polar surface area (TPSA) is 70.8 Å². The Labute approximate surface area is 176 Å². The number of rotatable bonds is 2. The van der Waals surface area contributed by atoms with Gasteiger partial charge in [-0.3, -0.25) is 4.90 Å². The largest absolute Gasteiger partial charge is 0.444 e. The summed E-state index contributed by atoms with van der Waals surface area (Å²) in [5.41, 5.74) is 6.43. The molecule has 3 N–H and O–H groups in total. The Kier molecular flexibility index (Phi) is 6.16. The molecule has 1 spiro atoms. The fraction of sp³-hybridized carbons (Fsp3) is 0.957. The van der Waals surface area contributed by atoms with Crippen LogP contribution in [0.2, 0.25) is 0 Å². The van der Waals surface area contributed by atoms with Crippen LogP contribution in [0.5, 0.6) is 0 Å². The minimum absolute atomic E-state index is 0.142. The van der Waals surface area contributed by atoms with E-state index in [1.807, 2.05) is 25.7 Å². The van der Waals surface area contributed by atoms with Crippen molar-refractivity contribution in [2.24, 2.45) is 17.1 Å². The number of carbonyl (C=O) groups is 1. The van der Waals surface area contributed by atoms with E-state index < -0.39 is 5.60 Å². The Hall–Kier alpha value is -0.850. The molecule has 4 aliphatic rings. The summed E-state index contributed by atoms with van der Waals surface area (Å²) >= 11 is 0. The molecule has 3 atom stereocenters. The lowest BCUT2D eigenvalue weighted by Crippen LogP contribution is -2.62. The molecule has 0 aromatic heterocycles. The highest BCUT2D eigenvalue weighted by Gasteiger charge is 2.45. The van der Waals surface area contributed by atoms with Crippen LogP contribution in [0.15, 0.2) is 0 Å². The van der Waals surface area contributed by atoms with Gasteiger partial charge in [0.1, 0.15) is 5.60 Å². The summed E-state index contributed by atoms with van der Waals surface area (Å²) in [6, 6.07) is 1.42. The van der Waals surface area contributed by atoms with E-state index in [4.69, 9.17) is 10.5 Å². The van der Waals surface area contributed by atoms with Crippen LogP contribution in [0.3, 0.4) is 0 Å². The maximum atomic E-state index is 12.5. The monoisotopic (exact) mass is 406 g/mol. The van der Waals surface area contributed by atoms with Gasteiger partial charge in [0.15, 0.2) is 0 Å². The summed E-state index contributed by atoms with van der Waals surface area (Å²) in [6.07, 6.45) is 10.1. The van der Waals surface area contributed by atoms with Crippen LogP contribution in [0.1, 0.15) is 72.1 Å². The summed E-state index contributed by atoms with van der Waals surface area (Å²) in [6.45, 7) is 10.7. The Morgan fingerprint density at radius 2 is 1.76 bits per heavy atom. The third-order valence-electron chi connectivity index (χ3n) is 7.99. The zero-order valence-corrected chi connectivity index (χ0v) is 18.8. The molecule has 0 aromatic carbocycles. The molecule has 0 radical (unpaired) electrons. The highest BCUT2D eigenvalue weighted by Crippen LogP contribution is 2.42. The number of amides is 1. The van der Waals surface area contributed by atoms with Crippen LogP contribution >= 0.6 is 0 Å². The average Bonchev–Trinajstić information content (AvgIpc) is 3.33. The smallest absolute Gasteiger partial charge is 0.410 e. The molecule has 4 rings (SSSR count). The summed E-state index contributed by atoms with van der Waals surface area (Å²) in [7, 11) is 0. The van der Waals surface area contributed by atoms with Crippen molar-refractivity contribution < 1.29 is 9.53 Å². The van der Waals surface area contributed by atoms with Gasteiger partial charge in [-0.1, -0.05) is 12.8 Å². The van der Waals surface area contributed by atoms with E-state index in [1.165, 1.54) is 44.9 Å². The Morgan fingerprint density at radius 3 is 2.41 bits per heavy atom. The Balaban J connectivity index is 1.30. The maximum Gasteiger partial charge on any atom is 0.410 e. The fourth-order valence-electron chi connectivity index (χ4n) is 6.24. The van der Waals surface area contributed by atoms with Crippen molar-refractivity contribution in [2.45, 2.75) is 95.9 Å². The summed E-state index contributed by atoms with van der Waals surface area (Å²) in [5.74, 6) is 0.860. The van der Waals surface area contributed by atoms with Crippen LogP contribution in [0, 0.1) is 11.3 Å². The fourth-order valence-corrected chi connectivity index (χ4v) is 6.24. The number of hydrogen-bond acceptors (Lipinski definition) is 5. The molecule has 0 aromatic rings. The predicted molar refractivity (Wildman–Crippen MR) is 116 cm³/mol. The Bertz CT molecular complexity index is 576. The van der Waals surface area contributed by atoms with E-state index in [2.05, 4.69) is 10.2 Å². The maximum absolute atomic E-state index is 12.5. The first-order chi connectivity index (χ1) is 13.7. The van der Waals surface area contributed by atoms with Gasteiger partial charge in [0, 0.05) is 37.8 Å². The van der Waals surface area contributed by atoms with Crippen LogP contribution in [-0.2, 0) is 4.74 Å². The summed E-state index contributed by atoms with van der Waals surface area (Å²) in [4.78, 5) is 17.1. The molecule has 3 heterocycles. The van der Waals surface area contributed by atoms with Crippen molar-refractivity contribution in [3.8, 4) is 0 Å². The molecule has 166 valence electrons. The van der Waals surface area contributed by atoms with Crippen LogP contribution in [0.4, 0.5) is 4.79 Å². The van der Waals surface area contributed by atoms with Gasteiger partial charge in [-0.05, 0) is 83.7 Å². The number of nitrogens with zero attached hydrogens (tertiary/aromatic N) is 2. The van der Waals surface area contributed by atoms with Crippen LogP contribution in [0.25, 0.3) is 0 Å². The van der Waals surface area contributed by atoms with E-state index in [0.29, 0.717) is 12.1 Å². The van der Waals surface area contributed by atoms with Crippen molar-refractivity contribution >= 4 is 6.09 Å². The number of ether oxygens (including phenoxy) is 1. The molecular formula is C23H42N4O2. The van der Waals surface area contributed by atoms with Crippen molar-refractivity contribution in [1.29, 1.82) is 0 Å². The van der Waals surface area contributed by atoms with E-state index in [1.54, 1.807) is 0 Å². The molecule has 4 fully saturated rings. The highest BCUT2D eigenvalue weighted by molar-refractivity contribution is 5.68. The van der Waals surface area contributed by atoms with E-state index in [-0.39, 0.29) is 17.6 Å². The third kappa shape index (κ3) is 4.91. The first-order valence-electron chi connectivity index (χ1n) is 12.0. The van der Waals surface area contributed by atoms with Gasteiger partial charge in [-0.15, -0.1) is 0 Å². The standard InChI is InChI=1S/C23H42N4O2/c1-22(2,3)29-21(28)27-13-10-23(16-27)8-11-26(12-9-23)20-14-19(25-15-18(20)24)17-6-4-5-7-17/h17-20,25H,4-16,24H2,1-3H3. The van der Waals surface area contributed by atoms with Gasteiger partial charge in [-0.25, -0.2) is 4.79 Å². The molecule has 1 saturated carbocycles. The molecule has 6 heteroatoms. The van der Waals surface area contributed by atoms with Crippen LogP contribution in [-0.4, -0.2) is 72.3 Å². The van der Waals surface area contributed by atoms with E-state index >= 15 is 0 Å². The SMILES string of the molecule is CC(C)(C)OC(=O)N1CCC2(CCN(C3CC(C4CCCC4)NCC3N)CC2)C1. The highest BCUT2D eigenvalue weighted by atomic mass is 16.6. The van der Waals surface area contributed by atoms with E-state index in [9.17, 15) is 4.79 Å². The average molecular weight is 407 g/mol. The minimum Gasteiger partial charge on any atom is -0.444 e. The molecule has 3 saturated heterocycles. The molecule has 29 heavy (non-hydrogen) atoms. The van der Waals surface area contributed by atoms with Crippen molar-refractivity contribution in [2.75, 3.05) is 32.7 Å². The van der Waals surface area contributed by atoms with Gasteiger partial charge < -0.3 is 20.7 Å². The summed E-state index contributed by atoms with van der Waals surface area (Å²) < 4.78 is 5.60. The molecule has 1 amide bonds. The van der Waals surface area contributed by atoms with Crippen molar-refractivity contribution in [3.05, 3.63) is 0 Å². The number of piperidine rings is 2. The number of hydrogen-bond donors (Lipinski definition) is 2. The zero-order chi connectivity index (χ0) is 20.6. The lowest BCUT2D eigenvalue weighted by atomic mass is 9.76. The van der Waals surface area contributed by atoms with Crippen molar-refractivity contribution in [3.63, 3.8) is 0 Å². The number of likely N-dealkylation sites (tertiary alicyclic amines) is 2. The zero-order valence-electron chi connectivity index (χ0n) is 18.8. The molecule has 3 aliphatic heterocycles. The first kappa shape index (κ1) is 21.4. The number of carbonyl (C=O) groups excluding carboxylic acids is 1. The quantitative estimate of drug-likeness (QED) is 0.738. The molecule has 6 nitrogen and oxygen atoms in total. The number of nitrogens with two attached hydrogens (primary N) is 1.